The fourth-order valence-electron chi connectivity index (χ4n) is 3.22. The monoisotopic (exact) mass is 278 g/mol. The summed E-state index contributed by atoms with van der Waals surface area (Å²) in [5, 5.41) is 9.72. The fraction of sp³-hybridized carbons (Fsp3) is 0.667. The van der Waals surface area contributed by atoms with Crippen LogP contribution in [-0.4, -0.2) is 40.9 Å². The van der Waals surface area contributed by atoms with Crippen LogP contribution in [0, 0.1) is 0 Å². The van der Waals surface area contributed by atoms with Gasteiger partial charge in [0.25, 0.3) is 0 Å². The number of hydrogen-bond acceptors (Lipinski definition) is 4. The highest BCUT2D eigenvalue weighted by molar-refractivity contribution is 5.21. The van der Waals surface area contributed by atoms with Crippen LogP contribution in [0.2, 0.25) is 0 Å². The highest BCUT2D eigenvalue weighted by atomic mass is 16.5. The standard InChI is InChI=1S/C15H22N2O3/c18-14-9-13(10-16-5-7-20-8-6-16)17(11-15(14)19)12-3-1-2-4-12/h9,11-12,19H,1-8,10H2. The number of nitrogens with zero attached hydrogens (tertiary/aromatic N) is 2. The zero-order chi connectivity index (χ0) is 13.9. The average molecular weight is 278 g/mol. The van der Waals surface area contributed by atoms with Gasteiger partial charge >= 0.3 is 0 Å². The quantitative estimate of drug-likeness (QED) is 0.910. The van der Waals surface area contributed by atoms with Gasteiger partial charge in [-0.25, -0.2) is 0 Å². The molecule has 1 N–H and O–H groups in total. The summed E-state index contributed by atoms with van der Waals surface area (Å²) in [7, 11) is 0. The molecule has 5 nitrogen and oxygen atoms in total. The number of hydrogen-bond donors (Lipinski definition) is 1. The Labute approximate surface area is 118 Å². The molecule has 0 aromatic carbocycles. The second-order valence-corrected chi connectivity index (χ2v) is 5.75. The van der Waals surface area contributed by atoms with E-state index in [9.17, 15) is 9.90 Å². The molecule has 0 unspecified atom stereocenters. The summed E-state index contributed by atoms with van der Waals surface area (Å²) in [6, 6.07) is 2.03. The highest BCUT2D eigenvalue weighted by Crippen LogP contribution is 2.31. The molecule has 0 amide bonds. The first-order chi connectivity index (χ1) is 9.74. The molecule has 0 atom stereocenters. The van der Waals surface area contributed by atoms with Gasteiger partial charge in [-0.3, -0.25) is 9.69 Å². The number of aromatic hydroxyl groups is 1. The van der Waals surface area contributed by atoms with Crippen LogP contribution < -0.4 is 5.43 Å². The third kappa shape index (κ3) is 2.88. The molecule has 1 saturated heterocycles. The van der Waals surface area contributed by atoms with E-state index in [0.29, 0.717) is 6.04 Å². The number of morpholine rings is 1. The van der Waals surface area contributed by atoms with Crippen molar-refractivity contribution in [2.75, 3.05) is 26.3 Å². The van der Waals surface area contributed by atoms with E-state index in [4.69, 9.17) is 4.74 Å². The van der Waals surface area contributed by atoms with Crippen LogP contribution in [0.15, 0.2) is 17.1 Å². The second kappa shape index (κ2) is 5.97. The second-order valence-electron chi connectivity index (χ2n) is 5.75. The van der Waals surface area contributed by atoms with Crippen molar-refractivity contribution in [1.29, 1.82) is 0 Å². The van der Waals surface area contributed by atoms with Crippen molar-refractivity contribution in [3.8, 4) is 5.75 Å². The summed E-state index contributed by atoms with van der Waals surface area (Å²) in [5.74, 6) is -0.136. The molecule has 110 valence electrons. The van der Waals surface area contributed by atoms with Crippen LogP contribution in [0.25, 0.3) is 0 Å². The van der Waals surface area contributed by atoms with Crippen LogP contribution in [0.1, 0.15) is 37.4 Å². The summed E-state index contributed by atoms with van der Waals surface area (Å²) >= 11 is 0. The normalized spacial score (nSPS) is 21.4. The Morgan fingerprint density at radius 3 is 2.65 bits per heavy atom. The smallest absolute Gasteiger partial charge is 0.223 e. The van der Waals surface area contributed by atoms with Gasteiger partial charge in [0.1, 0.15) is 0 Å². The molecule has 2 aliphatic rings. The van der Waals surface area contributed by atoms with E-state index in [-0.39, 0.29) is 11.2 Å². The Morgan fingerprint density at radius 1 is 1.25 bits per heavy atom. The molecule has 0 spiro atoms. The molecule has 0 bridgehead atoms. The van der Waals surface area contributed by atoms with Gasteiger partial charge in [-0.2, -0.15) is 0 Å². The van der Waals surface area contributed by atoms with Crippen LogP contribution >= 0.6 is 0 Å². The third-order valence-electron chi connectivity index (χ3n) is 4.35. The SMILES string of the molecule is O=c1cc(CN2CCOCC2)n(C2CCCC2)cc1O. The first-order valence-electron chi connectivity index (χ1n) is 7.48. The molecular weight excluding hydrogens is 256 g/mol. The maximum atomic E-state index is 11.7. The summed E-state index contributed by atoms with van der Waals surface area (Å²) in [6.45, 7) is 4.08. The van der Waals surface area contributed by atoms with E-state index in [2.05, 4.69) is 9.47 Å². The lowest BCUT2D eigenvalue weighted by Gasteiger charge is -2.29. The van der Waals surface area contributed by atoms with Gasteiger partial charge in [-0.05, 0) is 12.8 Å². The summed E-state index contributed by atoms with van der Waals surface area (Å²) in [4.78, 5) is 14.0. The van der Waals surface area contributed by atoms with Crippen molar-refractivity contribution in [1.82, 2.24) is 9.47 Å². The van der Waals surface area contributed by atoms with E-state index in [0.717, 1.165) is 51.4 Å². The molecule has 1 aliphatic carbocycles. The molecular formula is C15H22N2O3. The largest absolute Gasteiger partial charge is 0.503 e. The van der Waals surface area contributed by atoms with Crippen molar-refractivity contribution >= 4 is 0 Å². The number of ether oxygens (including phenoxy) is 1. The maximum Gasteiger partial charge on any atom is 0.223 e. The Kier molecular flexibility index (Phi) is 4.08. The lowest BCUT2D eigenvalue weighted by Crippen LogP contribution is -2.37. The Morgan fingerprint density at radius 2 is 1.95 bits per heavy atom. The van der Waals surface area contributed by atoms with Crippen molar-refractivity contribution in [2.45, 2.75) is 38.3 Å². The van der Waals surface area contributed by atoms with Gasteiger partial charge in [-0.1, -0.05) is 12.8 Å². The minimum absolute atomic E-state index is 0.136. The van der Waals surface area contributed by atoms with E-state index < -0.39 is 0 Å². The highest BCUT2D eigenvalue weighted by Gasteiger charge is 2.21. The van der Waals surface area contributed by atoms with Gasteiger partial charge in [0.2, 0.25) is 5.43 Å². The predicted octanol–water partition coefficient (Wildman–Crippen LogP) is 1.50. The molecule has 0 radical (unpaired) electrons. The zero-order valence-corrected chi connectivity index (χ0v) is 11.8. The molecule has 20 heavy (non-hydrogen) atoms. The van der Waals surface area contributed by atoms with Crippen molar-refractivity contribution in [3.05, 3.63) is 28.2 Å². The minimum Gasteiger partial charge on any atom is -0.503 e. The Hall–Kier alpha value is -1.33. The van der Waals surface area contributed by atoms with Crippen molar-refractivity contribution in [3.63, 3.8) is 0 Å². The molecule has 1 aromatic rings. The predicted molar refractivity (Wildman–Crippen MR) is 76.0 cm³/mol. The van der Waals surface area contributed by atoms with Crippen LogP contribution in [0.3, 0.4) is 0 Å². The molecule has 1 saturated carbocycles. The first kappa shape index (κ1) is 13.6. The van der Waals surface area contributed by atoms with Crippen LogP contribution in [0.5, 0.6) is 5.75 Å². The van der Waals surface area contributed by atoms with Gasteiger partial charge in [0, 0.05) is 37.4 Å². The van der Waals surface area contributed by atoms with Gasteiger partial charge in [0.05, 0.1) is 19.4 Å². The fourth-order valence-corrected chi connectivity index (χ4v) is 3.22. The van der Waals surface area contributed by atoms with E-state index in [1.54, 1.807) is 12.3 Å². The zero-order valence-electron chi connectivity index (χ0n) is 11.8. The Balaban J connectivity index is 1.86. The van der Waals surface area contributed by atoms with Crippen LogP contribution in [-0.2, 0) is 11.3 Å². The summed E-state index contributed by atoms with van der Waals surface area (Å²) in [6.07, 6.45) is 6.37. The van der Waals surface area contributed by atoms with Crippen molar-refractivity contribution in [2.24, 2.45) is 0 Å². The lowest BCUT2D eigenvalue weighted by molar-refractivity contribution is 0.0328. The van der Waals surface area contributed by atoms with E-state index in [1.165, 1.54) is 12.8 Å². The molecule has 2 fully saturated rings. The molecule has 5 heteroatoms. The van der Waals surface area contributed by atoms with Gasteiger partial charge in [0.15, 0.2) is 5.75 Å². The topological polar surface area (TPSA) is 54.7 Å². The van der Waals surface area contributed by atoms with Crippen molar-refractivity contribution < 1.29 is 9.84 Å². The lowest BCUT2D eigenvalue weighted by atomic mass is 10.2. The average Bonchev–Trinajstić information content (AvgIpc) is 2.98. The van der Waals surface area contributed by atoms with Gasteiger partial charge < -0.3 is 14.4 Å². The third-order valence-corrected chi connectivity index (χ3v) is 4.35. The first-order valence-corrected chi connectivity index (χ1v) is 7.48. The van der Waals surface area contributed by atoms with Gasteiger partial charge in [-0.15, -0.1) is 0 Å². The number of pyridine rings is 1. The maximum absolute atomic E-state index is 11.7. The Bertz CT molecular complexity index is 514. The summed E-state index contributed by atoms with van der Waals surface area (Å²) in [5.41, 5.74) is 0.740. The van der Waals surface area contributed by atoms with Crippen LogP contribution in [0.4, 0.5) is 0 Å². The molecule has 1 aliphatic heterocycles. The number of aromatic nitrogens is 1. The molecule has 2 heterocycles. The summed E-state index contributed by atoms with van der Waals surface area (Å²) < 4.78 is 7.48. The number of rotatable bonds is 3. The minimum atomic E-state index is -0.275. The van der Waals surface area contributed by atoms with E-state index in [1.807, 2.05) is 0 Å². The van der Waals surface area contributed by atoms with E-state index >= 15 is 0 Å². The molecule has 3 rings (SSSR count). The molecule has 1 aromatic heterocycles.